The molecule has 0 spiro atoms. The lowest BCUT2D eigenvalue weighted by Crippen LogP contribution is -2.45. The molecule has 0 amide bonds. The number of likely N-dealkylation sites (N-methyl/N-ethyl adjacent to an activating group) is 1. The van der Waals surface area contributed by atoms with Gasteiger partial charge in [0.25, 0.3) is 0 Å². The Balaban J connectivity index is 2.12. The van der Waals surface area contributed by atoms with Gasteiger partial charge in [0.2, 0.25) is 0 Å². The Morgan fingerprint density at radius 2 is 2.46 bits per heavy atom. The van der Waals surface area contributed by atoms with Crippen LogP contribution in [0, 0.1) is 11.3 Å². The predicted octanol–water partition coefficient (Wildman–Crippen LogP) is 0.436. The Morgan fingerprint density at radius 3 is 3.08 bits per heavy atom. The molecule has 0 unspecified atom stereocenters. The predicted molar refractivity (Wildman–Crippen MR) is 48.1 cm³/mol. The number of hydrogen-bond acceptors (Lipinski definition) is 3. The van der Waals surface area contributed by atoms with Crippen LogP contribution in [0.1, 0.15) is 11.7 Å². The fourth-order valence-electron chi connectivity index (χ4n) is 1.71. The first-order chi connectivity index (χ1) is 6.31. The molecule has 2 heterocycles. The van der Waals surface area contributed by atoms with Gasteiger partial charge in [-0.15, -0.1) is 0 Å². The van der Waals surface area contributed by atoms with Gasteiger partial charge in [0.05, 0.1) is 24.2 Å². The number of nitriles is 1. The third-order valence-corrected chi connectivity index (χ3v) is 2.40. The van der Waals surface area contributed by atoms with Crippen LogP contribution >= 0.6 is 0 Å². The van der Waals surface area contributed by atoms with Crippen molar-refractivity contribution in [2.24, 2.45) is 0 Å². The Kier molecular flexibility index (Phi) is 2.03. The Hall–Kier alpha value is -1.34. The van der Waals surface area contributed by atoms with Gasteiger partial charge in [-0.25, -0.2) is 0 Å². The van der Waals surface area contributed by atoms with Gasteiger partial charge in [-0.2, -0.15) is 10.4 Å². The summed E-state index contributed by atoms with van der Waals surface area (Å²) >= 11 is 0. The van der Waals surface area contributed by atoms with Gasteiger partial charge in [-0.05, 0) is 13.1 Å². The highest BCUT2D eigenvalue weighted by atomic mass is 15.4. The van der Waals surface area contributed by atoms with E-state index >= 15 is 0 Å². The van der Waals surface area contributed by atoms with Crippen LogP contribution in [-0.4, -0.2) is 34.8 Å². The first-order valence-electron chi connectivity index (χ1n) is 4.39. The van der Waals surface area contributed by atoms with Gasteiger partial charge in [-0.3, -0.25) is 4.68 Å². The van der Waals surface area contributed by atoms with E-state index in [1.54, 1.807) is 6.20 Å². The summed E-state index contributed by atoms with van der Waals surface area (Å²) in [5.41, 5.74) is 1.03. The van der Waals surface area contributed by atoms with E-state index in [-0.39, 0.29) is 0 Å². The van der Waals surface area contributed by atoms with Crippen molar-refractivity contribution in [3.8, 4) is 6.07 Å². The van der Waals surface area contributed by atoms with Crippen molar-refractivity contribution in [1.82, 2.24) is 14.7 Å². The van der Waals surface area contributed by atoms with Crippen LogP contribution in [0.4, 0.5) is 0 Å². The quantitative estimate of drug-likeness (QED) is 0.656. The molecule has 4 nitrogen and oxygen atoms in total. The monoisotopic (exact) mass is 176 g/mol. The minimum Gasteiger partial charge on any atom is -0.302 e. The summed E-state index contributed by atoms with van der Waals surface area (Å²) in [7, 11) is 2.09. The van der Waals surface area contributed by atoms with Gasteiger partial charge >= 0.3 is 0 Å². The molecule has 0 bridgehead atoms. The average Bonchev–Trinajstić information content (AvgIpc) is 2.48. The van der Waals surface area contributed by atoms with Crippen molar-refractivity contribution in [2.75, 3.05) is 20.1 Å². The summed E-state index contributed by atoms with van der Waals surface area (Å²) in [4.78, 5) is 2.24. The SMILES string of the molecule is CN1CC(n2nccc2CC#N)C1. The van der Waals surface area contributed by atoms with Crippen molar-refractivity contribution in [3.05, 3.63) is 18.0 Å². The van der Waals surface area contributed by atoms with Crippen LogP contribution in [-0.2, 0) is 6.42 Å². The highest BCUT2D eigenvalue weighted by Crippen LogP contribution is 2.19. The molecule has 0 N–H and O–H groups in total. The molecule has 0 saturated carbocycles. The summed E-state index contributed by atoms with van der Waals surface area (Å²) < 4.78 is 1.98. The molecule has 68 valence electrons. The number of hydrogen-bond donors (Lipinski definition) is 0. The van der Waals surface area contributed by atoms with E-state index in [0.29, 0.717) is 12.5 Å². The maximum Gasteiger partial charge on any atom is 0.0776 e. The molecule has 0 atom stereocenters. The summed E-state index contributed by atoms with van der Waals surface area (Å²) in [6, 6.07) is 4.54. The minimum absolute atomic E-state index is 0.459. The number of aromatic nitrogens is 2. The van der Waals surface area contributed by atoms with Crippen LogP contribution in [0.25, 0.3) is 0 Å². The number of nitrogens with zero attached hydrogens (tertiary/aromatic N) is 4. The fourth-order valence-corrected chi connectivity index (χ4v) is 1.71. The maximum atomic E-state index is 8.59. The molecule has 2 rings (SSSR count). The molecule has 1 aliphatic heterocycles. The topological polar surface area (TPSA) is 44.9 Å². The van der Waals surface area contributed by atoms with E-state index in [4.69, 9.17) is 5.26 Å². The zero-order chi connectivity index (χ0) is 9.26. The lowest BCUT2D eigenvalue weighted by Gasteiger charge is -2.36. The van der Waals surface area contributed by atoms with Gasteiger partial charge in [0.15, 0.2) is 0 Å². The van der Waals surface area contributed by atoms with Crippen molar-refractivity contribution in [1.29, 1.82) is 5.26 Å². The van der Waals surface area contributed by atoms with Crippen LogP contribution in [0.3, 0.4) is 0 Å². The molecule has 1 aromatic heterocycles. The fraction of sp³-hybridized carbons (Fsp3) is 0.556. The van der Waals surface area contributed by atoms with Gasteiger partial charge in [0, 0.05) is 19.3 Å². The largest absolute Gasteiger partial charge is 0.302 e. The van der Waals surface area contributed by atoms with Crippen LogP contribution < -0.4 is 0 Å². The van der Waals surface area contributed by atoms with Crippen molar-refractivity contribution >= 4 is 0 Å². The Morgan fingerprint density at radius 1 is 1.69 bits per heavy atom. The third-order valence-electron chi connectivity index (χ3n) is 2.40. The Labute approximate surface area is 77.4 Å². The molecular formula is C9H12N4. The maximum absolute atomic E-state index is 8.59. The standard InChI is InChI=1S/C9H12N4/c1-12-6-9(7-12)13-8(2-4-10)3-5-11-13/h3,5,9H,2,6-7H2,1H3. The number of rotatable bonds is 2. The molecule has 1 aromatic rings. The molecule has 1 fully saturated rings. The first-order valence-corrected chi connectivity index (χ1v) is 4.39. The van der Waals surface area contributed by atoms with E-state index in [1.165, 1.54) is 0 Å². The van der Waals surface area contributed by atoms with E-state index in [1.807, 2.05) is 10.7 Å². The van der Waals surface area contributed by atoms with Crippen molar-refractivity contribution in [2.45, 2.75) is 12.5 Å². The smallest absolute Gasteiger partial charge is 0.0776 e. The molecule has 0 aliphatic carbocycles. The first kappa shape index (κ1) is 8.27. The third kappa shape index (κ3) is 1.43. The lowest BCUT2D eigenvalue weighted by molar-refractivity contribution is 0.128. The summed E-state index contributed by atoms with van der Waals surface area (Å²) in [6.07, 6.45) is 2.23. The van der Waals surface area contributed by atoms with Crippen LogP contribution in [0.15, 0.2) is 12.3 Å². The van der Waals surface area contributed by atoms with E-state index < -0.39 is 0 Å². The molecule has 1 aliphatic rings. The highest BCUT2D eigenvalue weighted by molar-refractivity contribution is 5.08. The highest BCUT2D eigenvalue weighted by Gasteiger charge is 2.26. The van der Waals surface area contributed by atoms with E-state index in [9.17, 15) is 0 Å². The molecule has 1 saturated heterocycles. The molecule has 13 heavy (non-hydrogen) atoms. The van der Waals surface area contributed by atoms with E-state index in [0.717, 1.165) is 18.8 Å². The zero-order valence-electron chi connectivity index (χ0n) is 7.64. The van der Waals surface area contributed by atoms with Crippen molar-refractivity contribution in [3.63, 3.8) is 0 Å². The van der Waals surface area contributed by atoms with Gasteiger partial charge < -0.3 is 4.90 Å². The second kappa shape index (κ2) is 3.19. The molecular weight excluding hydrogens is 164 g/mol. The molecule has 4 heteroatoms. The van der Waals surface area contributed by atoms with Gasteiger partial charge in [0.1, 0.15) is 0 Å². The second-order valence-corrected chi connectivity index (χ2v) is 3.48. The second-order valence-electron chi connectivity index (χ2n) is 3.48. The summed E-state index contributed by atoms with van der Waals surface area (Å²) in [5, 5.41) is 12.8. The van der Waals surface area contributed by atoms with Crippen molar-refractivity contribution < 1.29 is 0 Å². The minimum atomic E-state index is 0.459. The number of likely N-dealkylation sites (tertiary alicyclic amines) is 1. The van der Waals surface area contributed by atoms with Crippen LogP contribution in [0.5, 0.6) is 0 Å². The summed E-state index contributed by atoms with van der Waals surface area (Å²) in [5.74, 6) is 0. The Bertz CT molecular complexity index is 330. The van der Waals surface area contributed by atoms with E-state index in [2.05, 4.69) is 23.1 Å². The normalized spacial score (nSPS) is 18.2. The average molecular weight is 176 g/mol. The summed E-state index contributed by atoms with van der Waals surface area (Å²) in [6.45, 7) is 2.08. The van der Waals surface area contributed by atoms with Gasteiger partial charge in [-0.1, -0.05) is 0 Å². The molecule has 0 aromatic carbocycles. The van der Waals surface area contributed by atoms with Crippen LogP contribution in [0.2, 0.25) is 0 Å². The lowest BCUT2D eigenvalue weighted by atomic mass is 10.1. The molecule has 0 radical (unpaired) electrons. The zero-order valence-corrected chi connectivity index (χ0v) is 7.64.